The highest BCUT2D eigenvalue weighted by Crippen LogP contribution is 2.43. The molecule has 12 heteroatoms. The first-order chi connectivity index (χ1) is 20.1. The van der Waals surface area contributed by atoms with Crippen LogP contribution in [0.3, 0.4) is 0 Å². The van der Waals surface area contributed by atoms with E-state index in [1.54, 1.807) is 12.0 Å². The fourth-order valence-corrected chi connectivity index (χ4v) is 6.18. The SMILES string of the molecule is CCC1(c2nc(N3CCOCC3)c3nc(C4(OC)CCN(C(=O)OC(C)(C)C)CC4)n(C)c3n2)Nc2ccccc2N1. The lowest BCUT2D eigenvalue weighted by molar-refractivity contribution is -0.0719. The number of aryl methyl sites for hydroxylation is 1. The molecule has 12 nitrogen and oxygen atoms in total. The van der Waals surface area contributed by atoms with E-state index < -0.39 is 16.9 Å². The van der Waals surface area contributed by atoms with Crippen LogP contribution in [-0.2, 0) is 32.5 Å². The van der Waals surface area contributed by atoms with Gasteiger partial charge in [-0.1, -0.05) is 19.1 Å². The molecule has 2 saturated heterocycles. The Labute approximate surface area is 246 Å². The number of carbonyl (C=O) groups is 1. The van der Waals surface area contributed by atoms with Crippen LogP contribution >= 0.6 is 0 Å². The number of hydrogen-bond donors (Lipinski definition) is 2. The summed E-state index contributed by atoms with van der Waals surface area (Å²) in [6, 6.07) is 8.17. The van der Waals surface area contributed by atoms with Gasteiger partial charge in [0.15, 0.2) is 28.5 Å². The lowest BCUT2D eigenvalue weighted by Crippen LogP contribution is -2.48. The minimum absolute atomic E-state index is 0.301. The minimum Gasteiger partial charge on any atom is -0.444 e. The van der Waals surface area contributed by atoms with Crippen LogP contribution in [0.25, 0.3) is 11.2 Å². The molecular weight excluding hydrogens is 536 g/mol. The number of likely N-dealkylation sites (tertiary alicyclic amines) is 1. The summed E-state index contributed by atoms with van der Waals surface area (Å²) in [4.78, 5) is 32.3. The maximum atomic E-state index is 12.8. The number of amides is 1. The van der Waals surface area contributed by atoms with Crippen LogP contribution in [0.2, 0.25) is 0 Å². The molecule has 0 spiro atoms. The van der Waals surface area contributed by atoms with Gasteiger partial charge in [0.25, 0.3) is 0 Å². The van der Waals surface area contributed by atoms with Crippen molar-refractivity contribution in [2.45, 2.75) is 63.8 Å². The maximum Gasteiger partial charge on any atom is 0.410 e. The Morgan fingerprint density at radius 2 is 1.67 bits per heavy atom. The van der Waals surface area contributed by atoms with Crippen molar-refractivity contribution in [1.29, 1.82) is 0 Å². The van der Waals surface area contributed by atoms with E-state index in [1.165, 1.54) is 0 Å². The molecule has 2 N–H and O–H groups in total. The molecule has 3 aromatic rings. The van der Waals surface area contributed by atoms with E-state index in [-0.39, 0.29) is 6.09 Å². The highest BCUT2D eigenvalue weighted by atomic mass is 16.6. The van der Waals surface area contributed by atoms with Gasteiger partial charge in [0.1, 0.15) is 17.0 Å². The predicted molar refractivity (Wildman–Crippen MR) is 161 cm³/mol. The van der Waals surface area contributed by atoms with Gasteiger partial charge in [-0.3, -0.25) is 0 Å². The number of methoxy groups -OCH3 is 1. The molecule has 0 unspecified atom stereocenters. The normalized spacial score (nSPS) is 19.8. The van der Waals surface area contributed by atoms with E-state index in [9.17, 15) is 4.79 Å². The van der Waals surface area contributed by atoms with Crippen LogP contribution in [-0.4, -0.2) is 82.6 Å². The van der Waals surface area contributed by atoms with Gasteiger partial charge in [-0.2, -0.15) is 0 Å². The molecular formula is C30H42N8O4. The fourth-order valence-electron chi connectivity index (χ4n) is 6.18. The Balaban J connectivity index is 1.41. The number of nitrogens with one attached hydrogen (secondary N) is 2. The summed E-state index contributed by atoms with van der Waals surface area (Å²) in [7, 11) is 3.71. The Morgan fingerprint density at radius 3 is 2.24 bits per heavy atom. The number of carbonyl (C=O) groups excluding carboxylic acids is 1. The predicted octanol–water partition coefficient (Wildman–Crippen LogP) is 4.17. The van der Waals surface area contributed by atoms with Crippen molar-refractivity contribution < 1.29 is 19.0 Å². The van der Waals surface area contributed by atoms with E-state index in [4.69, 9.17) is 29.2 Å². The third-order valence-electron chi connectivity index (χ3n) is 8.57. The van der Waals surface area contributed by atoms with Crippen molar-refractivity contribution in [2.75, 3.05) is 62.0 Å². The molecule has 0 atom stereocenters. The number of benzene rings is 1. The van der Waals surface area contributed by atoms with Crippen molar-refractivity contribution in [2.24, 2.45) is 7.05 Å². The van der Waals surface area contributed by atoms with Crippen LogP contribution < -0.4 is 15.5 Å². The second-order valence-corrected chi connectivity index (χ2v) is 12.4. The van der Waals surface area contributed by atoms with E-state index >= 15 is 0 Å². The summed E-state index contributed by atoms with van der Waals surface area (Å²) in [5.74, 6) is 2.24. The third-order valence-corrected chi connectivity index (χ3v) is 8.57. The number of hydrogen-bond acceptors (Lipinski definition) is 10. The highest BCUT2D eigenvalue weighted by molar-refractivity contribution is 5.85. The number of para-hydroxylation sites is 2. The number of nitrogens with zero attached hydrogens (tertiary/aromatic N) is 6. The second-order valence-electron chi connectivity index (χ2n) is 12.4. The zero-order valence-corrected chi connectivity index (χ0v) is 25.5. The number of piperidine rings is 1. The molecule has 2 aromatic heterocycles. The van der Waals surface area contributed by atoms with Gasteiger partial charge in [0.2, 0.25) is 0 Å². The third kappa shape index (κ3) is 4.90. The molecule has 3 aliphatic rings. The van der Waals surface area contributed by atoms with E-state index in [0.717, 1.165) is 53.7 Å². The van der Waals surface area contributed by atoms with Crippen LogP contribution in [0, 0.1) is 0 Å². The molecule has 226 valence electrons. The molecule has 5 heterocycles. The number of imidazole rings is 1. The lowest BCUT2D eigenvalue weighted by atomic mass is 9.90. The summed E-state index contributed by atoms with van der Waals surface area (Å²) in [6.45, 7) is 11.5. The van der Waals surface area contributed by atoms with Gasteiger partial charge in [-0.15, -0.1) is 0 Å². The van der Waals surface area contributed by atoms with Crippen LogP contribution in [0.5, 0.6) is 0 Å². The van der Waals surface area contributed by atoms with Crippen molar-refractivity contribution >= 4 is 34.4 Å². The monoisotopic (exact) mass is 578 g/mol. The summed E-state index contributed by atoms with van der Waals surface area (Å²) in [5.41, 5.74) is 1.64. The Hall–Kier alpha value is -3.64. The maximum absolute atomic E-state index is 12.8. The first-order valence-electron chi connectivity index (χ1n) is 14.8. The van der Waals surface area contributed by atoms with Gasteiger partial charge in [-0.25, -0.2) is 19.7 Å². The summed E-state index contributed by atoms with van der Waals surface area (Å²) in [6.07, 6.45) is 1.60. The molecule has 1 amide bonds. The molecule has 0 aliphatic carbocycles. The van der Waals surface area contributed by atoms with Gasteiger partial charge >= 0.3 is 6.09 Å². The van der Waals surface area contributed by atoms with Crippen molar-refractivity contribution in [3.05, 3.63) is 35.9 Å². The topological polar surface area (TPSA) is 119 Å². The molecule has 42 heavy (non-hydrogen) atoms. The number of morpholine rings is 1. The number of fused-ring (bicyclic) bond motifs is 2. The van der Waals surface area contributed by atoms with Crippen molar-refractivity contribution in [1.82, 2.24) is 24.4 Å². The zero-order chi connectivity index (χ0) is 29.7. The summed E-state index contributed by atoms with van der Waals surface area (Å²) < 4.78 is 19.6. The molecule has 3 aliphatic heterocycles. The average molecular weight is 579 g/mol. The highest BCUT2D eigenvalue weighted by Gasteiger charge is 2.44. The first-order valence-corrected chi connectivity index (χ1v) is 14.8. The number of aromatic nitrogens is 4. The Morgan fingerprint density at radius 1 is 1.02 bits per heavy atom. The van der Waals surface area contributed by atoms with E-state index in [1.807, 2.05) is 44.5 Å². The first kappa shape index (κ1) is 28.5. The minimum atomic E-state index is -0.682. The van der Waals surface area contributed by atoms with Gasteiger partial charge < -0.3 is 39.2 Å². The largest absolute Gasteiger partial charge is 0.444 e. The van der Waals surface area contributed by atoms with Crippen LogP contribution in [0.1, 0.15) is 58.6 Å². The van der Waals surface area contributed by atoms with Gasteiger partial charge in [0, 0.05) is 53.2 Å². The van der Waals surface area contributed by atoms with E-state index in [2.05, 4.69) is 34.6 Å². The number of rotatable bonds is 5. The van der Waals surface area contributed by atoms with Gasteiger partial charge in [0.05, 0.1) is 24.6 Å². The van der Waals surface area contributed by atoms with Crippen LogP contribution in [0.15, 0.2) is 24.3 Å². The lowest BCUT2D eigenvalue weighted by Gasteiger charge is -2.40. The summed E-state index contributed by atoms with van der Waals surface area (Å²) in [5, 5.41) is 7.33. The van der Waals surface area contributed by atoms with Gasteiger partial charge in [-0.05, 0) is 39.3 Å². The average Bonchev–Trinajstić information content (AvgIpc) is 3.55. The second kappa shape index (κ2) is 10.6. The molecule has 0 bridgehead atoms. The molecule has 0 radical (unpaired) electrons. The van der Waals surface area contributed by atoms with Crippen molar-refractivity contribution in [3.8, 4) is 0 Å². The van der Waals surface area contributed by atoms with E-state index in [0.29, 0.717) is 45.0 Å². The fraction of sp³-hybridized carbons (Fsp3) is 0.600. The van der Waals surface area contributed by atoms with Crippen molar-refractivity contribution in [3.63, 3.8) is 0 Å². The molecule has 0 saturated carbocycles. The zero-order valence-electron chi connectivity index (χ0n) is 25.5. The van der Waals surface area contributed by atoms with Crippen LogP contribution in [0.4, 0.5) is 22.0 Å². The number of anilines is 3. The smallest absolute Gasteiger partial charge is 0.410 e. The molecule has 1 aromatic carbocycles. The molecule has 6 rings (SSSR count). The molecule has 2 fully saturated rings. The summed E-state index contributed by atoms with van der Waals surface area (Å²) >= 11 is 0. The Kier molecular flexibility index (Phi) is 7.17. The standard InChI is InChI=1S/C30H42N8O4/c1-7-30(34-20-10-8-9-11-21(20)35-30)25-32-23-22(24(33-25)37-16-18-41-19-17-37)31-26(36(23)5)29(40-6)12-14-38(15-13-29)27(39)42-28(2,3)4/h8-11,34-35H,7,12-19H2,1-6H3. The quantitative estimate of drug-likeness (QED) is 0.457. The Bertz CT molecular complexity index is 1440. The number of ether oxygens (including phenoxy) is 3.